The summed E-state index contributed by atoms with van der Waals surface area (Å²) in [7, 11) is 0. The molecule has 0 rings (SSSR count). The number of aliphatic hydroxyl groups is 1. The number of hydrogen-bond donors (Lipinski definition) is 2. The molecule has 5 nitrogen and oxygen atoms in total. The van der Waals surface area contributed by atoms with Crippen LogP contribution in [0, 0.1) is 0 Å². The van der Waals surface area contributed by atoms with E-state index in [1.165, 1.54) is 6.92 Å². The van der Waals surface area contributed by atoms with Crippen molar-refractivity contribution in [1.29, 1.82) is 0 Å². The molecule has 62 valence electrons. The van der Waals surface area contributed by atoms with Gasteiger partial charge in [-0.15, -0.1) is 0 Å². The van der Waals surface area contributed by atoms with E-state index in [9.17, 15) is 9.59 Å². The van der Waals surface area contributed by atoms with E-state index in [0.717, 1.165) is 0 Å². The lowest BCUT2D eigenvalue weighted by atomic mass is 10.3. The Labute approximate surface area is 63.6 Å². The summed E-state index contributed by atoms with van der Waals surface area (Å²) >= 11 is 0. The Kier molecular flexibility index (Phi) is 3.90. The molecule has 0 atom stereocenters. The number of nitrogens with one attached hydrogen (secondary N) is 1. The van der Waals surface area contributed by atoms with E-state index >= 15 is 0 Å². The predicted molar refractivity (Wildman–Crippen MR) is 36.1 cm³/mol. The molecular weight excluding hydrogens is 150 g/mol. The van der Waals surface area contributed by atoms with Crippen molar-refractivity contribution in [2.75, 3.05) is 6.61 Å². The number of hydrogen-bond acceptors (Lipinski definition) is 4. The third-order valence-electron chi connectivity index (χ3n) is 0.774. The third kappa shape index (κ3) is 4.10. The molecule has 2 N–H and O–H groups in total. The van der Waals surface area contributed by atoms with Crippen LogP contribution in [0.2, 0.25) is 0 Å². The maximum atomic E-state index is 10.6. The highest BCUT2D eigenvalue weighted by Gasteiger charge is 2.04. The summed E-state index contributed by atoms with van der Waals surface area (Å²) < 4.78 is 0. The van der Waals surface area contributed by atoms with Crippen LogP contribution >= 0.6 is 0 Å². The van der Waals surface area contributed by atoms with Gasteiger partial charge in [-0.1, -0.05) is 6.58 Å². The first kappa shape index (κ1) is 9.64. The summed E-state index contributed by atoms with van der Waals surface area (Å²) in [5.41, 5.74) is 2.00. The smallest absolute Gasteiger partial charge is 0.357 e. The van der Waals surface area contributed by atoms with Crippen LogP contribution in [0.15, 0.2) is 12.2 Å². The van der Waals surface area contributed by atoms with Crippen molar-refractivity contribution in [2.45, 2.75) is 6.92 Å². The summed E-state index contributed by atoms with van der Waals surface area (Å²) in [5.74, 6) is -1.51. The second-order valence-electron chi connectivity index (χ2n) is 1.84. The molecule has 0 fully saturated rings. The zero-order valence-corrected chi connectivity index (χ0v) is 6.09. The Morgan fingerprint density at radius 1 is 1.64 bits per heavy atom. The van der Waals surface area contributed by atoms with Gasteiger partial charge in [0, 0.05) is 5.57 Å². The summed E-state index contributed by atoms with van der Waals surface area (Å²) in [6.45, 7) is 3.99. The maximum Gasteiger partial charge on any atom is 0.357 e. The van der Waals surface area contributed by atoms with Crippen molar-refractivity contribution in [3.63, 3.8) is 0 Å². The van der Waals surface area contributed by atoms with Crippen LogP contribution in [0.1, 0.15) is 6.92 Å². The SMILES string of the molecule is C=C(C)C(=O)NOC(=O)CO. The number of carbonyl (C=O) groups is 2. The lowest BCUT2D eigenvalue weighted by molar-refractivity contribution is -0.159. The molecular formula is C6H9NO4. The van der Waals surface area contributed by atoms with Gasteiger partial charge >= 0.3 is 5.97 Å². The quantitative estimate of drug-likeness (QED) is 0.405. The second-order valence-corrected chi connectivity index (χ2v) is 1.84. The van der Waals surface area contributed by atoms with Gasteiger partial charge in [-0.2, -0.15) is 5.48 Å². The molecule has 0 heterocycles. The first-order valence-electron chi connectivity index (χ1n) is 2.84. The standard InChI is InChI=1S/C6H9NO4/c1-4(2)6(10)7-11-5(9)3-8/h8H,1,3H2,2H3,(H,7,10). The Morgan fingerprint density at radius 3 is 2.55 bits per heavy atom. The van der Waals surface area contributed by atoms with Gasteiger partial charge < -0.3 is 9.94 Å². The van der Waals surface area contributed by atoms with E-state index in [1.54, 1.807) is 5.48 Å². The van der Waals surface area contributed by atoms with Crippen molar-refractivity contribution in [3.05, 3.63) is 12.2 Å². The average molecular weight is 159 g/mol. The molecule has 11 heavy (non-hydrogen) atoms. The molecule has 5 heteroatoms. The van der Waals surface area contributed by atoms with E-state index in [4.69, 9.17) is 5.11 Å². The minimum Gasteiger partial charge on any atom is -0.385 e. The predicted octanol–water partition coefficient (Wildman–Crippen LogP) is -0.871. The van der Waals surface area contributed by atoms with Crippen LogP contribution in [-0.2, 0) is 14.4 Å². The third-order valence-corrected chi connectivity index (χ3v) is 0.774. The lowest BCUT2D eigenvalue weighted by Crippen LogP contribution is -2.28. The van der Waals surface area contributed by atoms with Gasteiger partial charge in [0.1, 0.15) is 6.61 Å². The van der Waals surface area contributed by atoms with Crippen LogP contribution in [-0.4, -0.2) is 23.6 Å². The second kappa shape index (κ2) is 4.45. The van der Waals surface area contributed by atoms with Crippen LogP contribution in [0.25, 0.3) is 0 Å². The fourth-order valence-corrected chi connectivity index (χ4v) is 0.223. The summed E-state index contributed by atoms with van der Waals surface area (Å²) in [5, 5.41) is 8.14. The van der Waals surface area contributed by atoms with Gasteiger partial charge in [-0.05, 0) is 6.92 Å². The molecule has 0 aromatic carbocycles. The average Bonchev–Trinajstić information content (AvgIpc) is 1.99. The molecule has 0 unspecified atom stereocenters. The molecule has 0 saturated carbocycles. The molecule has 0 aliphatic rings. The topological polar surface area (TPSA) is 75.6 Å². The minimum absolute atomic E-state index is 0.218. The number of aliphatic hydroxyl groups excluding tert-OH is 1. The largest absolute Gasteiger partial charge is 0.385 e. The van der Waals surface area contributed by atoms with Gasteiger partial charge in [-0.25, -0.2) is 4.79 Å². The Bertz CT molecular complexity index is 187. The number of rotatable bonds is 2. The van der Waals surface area contributed by atoms with Crippen LogP contribution < -0.4 is 5.48 Å². The van der Waals surface area contributed by atoms with Gasteiger partial charge in [-0.3, -0.25) is 4.79 Å². The van der Waals surface area contributed by atoms with E-state index in [0.29, 0.717) is 0 Å². The van der Waals surface area contributed by atoms with Crippen LogP contribution in [0.4, 0.5) is 0 Å². The normalized spacial score (nSPS) is 8.55. The molecule has 1 amide bonds. The molecule has 0 spiro atoms. The fourth-order valence-electron chi connectivity index (χ4n) is 0.223. The molecule has 0 aromatic heterocycles. The van der Waals surface area contributed by atoms with Crippen molar-refractivity contribution >= 4 is 11.9 Å². The summed E-state index contributed by atoms with van der Waals surface area (Å²) in [6.07, 6.45) is 0. The van der Waals surface area contributed by atoms with E-state index in [1.807, 2.05) is 0 Å². The monoisotopic (exact) mass is 159 g/mol. The van der Waals surface area contributed by atoms with Crippen LogP contribution in [0.3, 0.4) is 0 Å². The highest BCUT2D eigenvalue weighted by molar-refractivity contribution is 5.92. The molecule has 0 aliphatic heterocycles. The van der Waals surface area contributed by atoms with Crippen molar-refractivity contribution < 1.29 is 19.5 Å². The zero-order valence-electron chi connectivity index (χ0n) is 6.09. The van der Waals surface area contributed by atoms with Crippen molar-refractivity contribution in [3.8, 4) is 0 Å². The number of carbonyl (C=O) groups excluding carboxylic acids is 2. The molecule has 0 bridgehead atoms. The van der Waals surface area contributed by atoms with Gasteiger partial charge in [0.15, 0.2) is 0 Å². The zero-order chi connectivity index (χ0) is 8.85. The lowest BCUT2D eigenvalue weighted by Gasteiger charge is -2.02. The fraction of sp³-hybridized carbons (Fsp3) is 0.333. The minimum atomic E-state index is -0.917. The first-order valence-corrected chi connectivity index (χ1v) is 2.84. The summed E-state index contributed by atoms with van der Waals surface area (Å²) in [4.78, 5) is 24.9. The van der Waals surface area contributed by atoms with Gasteiger partial charge in [0.25, 0.3) is 5.91 Å². The Balaban J connectivity index is 3.63. The highest BCUT2D eigenvalue weighted by atomic mass is 16.7. The first-order chi connectivity index (χ1) is 5.07. The number of amides is 1. The molecule has 0 saturated heterocycles. The molecule has 0 aromatic rings. The van der Waals surface area contributed by atoms with E-state index in [2.05, 4.69) is 11.4 Å². The summed E-state index contributed by atoms with van der Waals surface area (Å²) in [6, 6.07) is 0. The van der Waals surface area contributed by atoms with Crippen molar-refractivity contribution in [2.24, 2.45) is 0 Å². The molecule has 0 aliphatic carbocycles. The van der Waals surface area contributed by atoms with E-state index < -0.39 is 18.5 Å². The Morgan fingerprint density at radius 2 is 2.18 bits per heavy atom. The maximum absolute atomic E-state index is 10.6. The Hall–Kier alpha value is -1.36. The van der Waals surface area contributed by atoms with E-state index in [-0.39, 0.29) is 5.57 Å². The highest BCUT2D eigenvalue weighted by Crippen LogP contribution is 1.84. The number of hydroxylamine groups is 1. The van der Waals surface area contributed by atoms with Crippen molar-refractivity contribution in [1.82, 2.24) is 5.48 Å². The molecule has 0 radical (unpaired) electrons. The van der Waals surface area contributed by atoms with Gasteiger partial charge in [0.2, 0.25) is 0 Å². The van der Waals surface area contributed by atoms with Crippen LogP contribution in [0.5, 0.6) is 0 Å². The van der Waals surface area contributed by atoms with Gasteiger partial charge in [0.05, 0.1) is 0 Å².